The van der Waals surface area contributed by atoms with E-state index >= 15 is 0 Å². The number of carbonyl (C=O) groups is 1. The molecule has 1 aliphatic rings. The maximum absolute atomic E-state index is 13.0. The first-order chi connectivity index (χ1) is 14.8. The molecule has 31 heavy (non-hydrogen) atoms. The van der Waals surface area contributed by atoms with E-state index in [4.69, 9.17) is 23.2 Å². The lowest BCUT2D eigenvalue weighted by Gasteiger charge is -2.33. The second-order valence-electron chi connectivity index (χ2n) is 7.41. The maximum atomic E-state index is 13.0. The molecule has 0 radical (unpaired) electrons. The monoisotopic (exact) mass is 477 g/mol. The number of amides is 1. The van der Waals surface area contributed by atoms with E-state index in [1.165, 1.54) is 12.1 Å². The minimum atomic E-state index is -3.98. The summed E-state index contributed by atoms with van der Waals surface area (Å²) in [5, 5.41) is 0.540. The number of carbonyl (C=O) groups excluding carboxylic acids is 1. The highest BCUT2D eigenvalue weighted by atomic mass is 35.5. The molecule has 0 bridgehead atoms. The van der Waals surface area contributed by atoms with Gasteiger partial charge in [0.1, 0.15) is 4.90 Å². The van der Waals surface area contributed by atoms with Crippen molar-refractivity contribution < 1.29 is 13.2 Å². The third-order valence-corrected chi connectivity index (χ3v) is 7.48. The fourth-order valence-electron chi connectivity index (χ4n) is 3.71. The zero-order valence-corrected chi connectivity index (χ0v) is 18.9. The molecule has 1 aromatic heterocycles. The van der Waals surface area contributed by atoms with Gasteiger partial charge in [-0.3, -0.25) is 9.52 Å². The van der Waals surface area contributed by atoms with E-state index in [1.54, 1.807) is 35.2 Å². The lowest BCUT2D eigenvalue weighted by atomic mass is 10.0. The number of nitrogens with zero attached hydrogens (tertiary/aromatic N) is 2. The average Bonchev–Trinajstić information content (AvgIpc) is 3.30. The third-order valence-electron chi connectivity index (χ3n) is 5.36. The van der Waals surface area contributed by atoms with Crippen molar-refractivity contribution in [3.8, 4) is 0 Å². The number of rotatable bonds is 5. The Balaban J connectivity index is 1.50. The van der Waals surface area contributed by atoms with Gasteiger partial charge >= 0.3 is 0 Å². The van der Waals surface area contributed by atoms with Gasteiger partial charge < -0.3 is 9.47 Å². The summed E-state index contributed by atoms with van der Waals surface area (Å²) in [5.74, 6) is -0.203. The Hall–Kier alpha value is -2.48. The molecule has 9 heteroatoms. The fraction of sp³-hybridized carbons (Fsp3) is 0.227. The van der Waals surface area contributed by atoms with Gasteiger partial charge in [0.05, 0.1) is 5.02 Å². The minimum Gasteiger partial charge on any atom is -0.351 e. The molecule has 0 spiro atoms. The van der Waals surface area contributed by atoms with Gasteiger partial charge in [-0.05, 0) is 67.4 Å². The predicted octanol–water partition coefficient (Wildman–Crippen LogP) is 5.07. The molecule has 1 saturated heterocycles. The van der Waals surface area contributed by atoms with Crippen molar-refractivity contribution in [1.29, 1.82) is 0 Å². The van der Waals surface area contributed by atoms with Crippen LogP contribution in [0.2, 0.25) is 10.0 Å². The Morgan fingerprint density at radius 1 is 0.968 bits per heavy atom. The molecule has 0 aliphatic carbocycles. The number of piperidine rings is 1. The van der Waals surface area contributed by atoms with Gasteiger partial charge in [-0.1, -0.05) is 23.2 Å². The first-order valence-electron chi connectivity index (χ1n) is 9.83. The van der Waals surface area contributed by atoms with Gasteiger partial charge in [0.2, 0.25) is 0 Å². The molecule has 3 aromatic rings. The van der Waals surface area contributed by atoms with Crippen LogP contribution >= 0.6 is 23.2 Å². The van der Waals surface area contributed by atoms with E-state index in [2.05, 4.69) is 9.29 Å². The molecule has 1 N–H and O–H groups in total. The van der Waals surface area contributed by atoms with Crippen molar-refractivity contribution in [2.45, 2.75) is 23.8 Å². The number of likely N-dealkylation sites (tertiary alicyclic amines) is 1. The van der Waals surface area contributed by atoms with Gasteiger partial charge in [-0.15, -0.1) is 0 Å². The van der Waals surface area contributed by atoms with Crippen molar-refractivity contribution in [1.82, 2.24) is 9.47 Å². The molecule has 0 atom stereocenters. The van der Waals surface area contributed by atoms with Crippen LogP contribution in [0.5, 0.6) is 0 Å². The molecule has 0 unspecified atom stereocenters. The lowest BCUT2D eigenvalue weighted by molar-refractivity contribution is 0.0694. The highest BCUT2D eigenvalue weighted by Crippen LogP contribution is 2.28. The van der Waals surface area contributed by atoms with Crippen LogP contribution in [0.25, 0.3) is 0 Å². The topological polar surface area (TPSA) is 71.4 Å². The zero-order valence-electron chi connectivity index (χ0n) is 16.5. The Morgan fingerprint density at radius 3 is 2.26 bits per heavy atom. The van der Waals surface area contributed by atoms with Crippen LogP contribution in [0.3, 0.4) is 0 Å². The van der Waals surface area contributed by atoms with E-state index in [0.717, 1.165) is 12.8 Å². The highest BCUT2D eigenvalue weighted by molar-refractivity contribution is 7.92. The molecule has 1 fully saturated rings. The summed E-state index contributed by atoms with van der Waals surface area (Å²) >= 11 is 12.0. The number of halogens is 2. The van der Waals surface area contributed by atoms with Crippen molar-refractivity contribution in [3.05, 3.63) is 82.6 Å². The second kappa shape index (κ2) is 8.94. The summed E-state index contributed by atoms with van der Waals surface area (Å²) in [4.78, 5) is 14.6. The number of benzene rings is 2. The first-order valence-corrected chi connectivity index (χ1v) is 12.1. The molecule has 0 saturated carbocycles. The number of sulfonamides is 1. The van der Waals surface area contributed by atoms with Crippen LogP contribution < -0.4 is 4.72 Å². The quantitative estimate of drug-likeness (QED) is 0.557. The Bertz CT molecular complexity index is 1170. The molecule has 2 heterocycles. The number of hydrogen-bond acceptors (Lipinski definition) is 3. The maximum Gasteiger partial charge on any atom is 0.263 e. The summed E-state index contributed by atoms with van der Waals surface area (Å²) < 4.78 is 30.4. The van der Waals surface area contributed by atoms with E-state index < -0.39 is 10.0 Å². The number of hydrogen-bond donors (Lipinski definition) is 1. The van der Waals surface area contributed by atoms with Gasteiger partial charge in [0.25, 0.3) is 15.9 Å². The van der Waals surface area contributed by atoms with Crippen molar-refractivity contribution in [2.75, 3.05) is 17.8 Å². The van der Waals surface area contributed by atoms with Crippen molar-refractivity contribution in [3.63, 3.8) is 0 Å². The molecular formula is C22H21Cl2N3O3S. The van der Waals surface area contributed by atoms with Gasteiger partial charge in [-0.2, -0.15) is 0 Å². The molecule has 6 nitrogen and oxygen atoms in total. The van der Waals surface area contributed by atoms with Gasteiger partial charge in [0, 0.05) is 47.8 Å². The smallest absolute Gasteiger partial charge is 0.263 e. The first kappa shape index (κ1) is 21.7. The number of anilines is 1. The third kappa shape index (κ3) is 4.89. The number of nitrogens with one attached hydrogen (secondary N) is 1. The highest BCUT2D eigenvalue weighted by Gasteiger charge is 2.26. The minimum absolute atomic E-state index is 0.0457. The largest absolute Gasteiger partial charge is 0.351 e. The molecule has 1 amide bonds. The summed E-state index contributed by atoms with van der Waals surface area (Å²) in [7, 11) is -3.98. The normalized spacial score (nSPS) is 15.1. The van der Waals surface area contributed by atoms with Crippen molar-refractivity contribution >= 4 is 44.8 Å². The Kier molecular flexibility index (Phi) is 6.27. The van der Waals surface area contributed by atoms with Gasteiger partial charge in [-0.25, -0.2) is 8.42 Å². The van der Waals surface area contributed by atoms with Crippen LogP contribution in [-0.2, 0) is 10.0 Å². The van der Waals surface area contributed by atoms with Crippen molar-refractivity contribution in [2.24, 2.45) is 0 Å². The summed E-state index contributed by atoms with van der Waals surface area (Å²) in [6, 6.07) is 15.0. The van der Waals surface area contributed by atoms with E-state index in [9.17, 15) is 13.2 Å². The predicted molar refractivity (Wildman–Crippen MR) is 122 cm³/mol. The molecule has 1 aliphatic heterocycles. The van der Waals surface area contributed by atoms with E-state index in [-0.39, 0.29) is 15.8 Å². The summed E-state index contributed by atoms with van der Waals surface area (Å²) in [6.45, 7) is 1.21. The summed E-state index contributed by atoms with van der Waals surface area (Å²) in [6.07, 6.45) is 5.76. The van der Waals surface area contributed by atoms with E-state index in [0.29, 0.717) is 35.4 Å². The lowest BCUT2D eigenvalue weighted by Crippen LogP contribution is -2.39. The standard InChI is InChI=1S/C22H21Cl2N3O3S/c23-17-4-6-18(7-5-17)25-31(29,30)21-15-16(3-8-20(21)24)22(28)27-13-9-19(10-14-27)26-11-1-2-12-26/h1-8,11-12,15,19,25H,9-10,13-14H2. The second-order valence-corrected chi connectivity index (χ2v) is 9.91. The molecule has 162 valence electrons. The fourth-order valence-corrected chi connectivity index (χ4v) is 5.42. The molecule has 2 aromatic carbocycles. The zero-order chi connectivity index (χ0) is 22.0. The van der Waals surface area contributed by atoms with Crippen LogP contribution in [0.15, 0.2) is 71.9 Å². The van der Waals surface area contributed by atoms with Crippen LogP contribution in [0, 0.1) is 0 Å². The van der Waals surface area contributed by atoms with Gasteiger partial charge in [0.15, 0.2) is 0 Å². The van der Waals surface area contributed by atoms with E-state index in [1.807, 2.05) is 24.5 Å². The Morgan fingerprint density at radius 2 is 1.61 bits per heavy atom. The molecule has 4 rings (SSSR count). The average molecular weight is 478 g/mol. The number of aromatic nitrogens is 1. The Labute approximate surface area is 191 Å². The van der Waals surface area contributed by atoms with Crippen LogP contribution in [0.1, 0.15) is 29.2 Å². The van der Waals surface area contributed by atoms with Crippen LogP contribution in [-0.4, -0.2) is 36.9 Å². The SMILES string of the molecule is O=C(c1ccc(Cl)c(S(=O)(=O)Nc2ccc(Cl)cc2)c1)N1CCC(n2cccc2)CC1. The van der Waals surface area contributed by atoms with Crippen LogP contribution in [0.4, 0.5) is 5.69 Å². The summed E-state index contributed by atoms with van der Waals surface area (Å²) in [5.41, 5.74) is 0.643. The molecular weight excluding hydrogens is 457 g/mol.